The molecule has 0 aromatic rings. The second-order valence-electron chi connectivity index (χ2n) is 7.32. The first kappa shape index (κ1) is 13.2. The highest BCUT2D eigenvalue weighted by atomic mass is 16.3. The number of rotatable bonds is 4. The van der Waals surface area contributed by atoms with Crippen LogP contribution in [0.25, 0.3) is 0 Å². The Morgan fingerprint density at radius 2 is 1.74 bits per heavy atom. The molecule has 4 rings (SSSR count). The molecule has 0 heterocycles. The third-order valence-electron chi connectivity index (χ3n) is 5.34. The highest BCUT2D eigenvalue weighted by Crippen LogP contribution is 2.55. The Balaban J connectivity index is 1.56. The number of aliphatic hydroxyl groups excluding tert-OH is 1. The van der Waals surface area contributed by atoms with Crippen LogP contribution < -0.4 is 10.6 Å². The normalized spacial score (nSPS) is 41.1. The first-order valence-electron chi connectivity index (χ1n) is 7.75. The molecule has 4 nitrogen and oxygen atoms in total. The maximum absolute atomic E-state index is 12.0. The van der Waals surface area contributed by atoms with Gasteiger partial charge in [-0.1, -0.05) is 6.92 Å². The van der Waals surface area contributed by atoms with E-state index >= 15 is 0 Å². The molecule has 1 atom stereocenters. The summed E-state index contributed by atoms with van der Waals surface area (Å²) >= 11 is 0. The number of carbonyl (C=O) groups is 1. The highest BCUT2D eigenvalue weighted by molar-refractivity contribution is 5.74. The molecule has 4 fully saturated rings. The Morgan fingerprint density at radius 3 is 2.21 bits per heavy atom. The van der Waals surface area contributed by atoms with Crippen LogP contribution in [0.4, 0.5) is 4.79 Å². The van der Waals surface area contributed by atoms with E-state index in [1.165, 1.54) is 38.5 Å². The summed E-state index contributed by atoms with van der Waals surface area (Å²) in [6.07, 6.45) is 7.73. The second-order valence-corrected chi connectivity index (χ2v) is 7.32. The molecule has 2 amide bonds. The third kappa shape index (κ3) is 2.73. The smallest absolute Gasteiger partial charge is 0.315 e. The van der Waals surface area contributed by atoms with E-state index in [-0.39, 0.29) is 24.1 Å². The Kier molecular flexibility index (Phi) is 3.46. The number of amides is 2. The monoisotopic (exact) mass is 266 g/mol. The van der Waals surface area contributed by atoms with Crippen LogP contribution in [0.2, 0.25) is 0 Å². The van der Waals surface area contributed by atoms with Crippen molar-refractivity contribution in [1.29, 1.82) is 0 Å². The molecule has 108 valence electrons. The number of carbonyl (C=O) groups excluding carboxylic acids is 1. The quantitative estimate of drug-likeness (QED) is 0.727. The second kappa shape index (κ2) is 4.97. The Labute approximate surface area is 115 Å². The SMILES string of the molecule is CC(CO)CNC(=O)NC12CC3CC(CC(C3)C1)C2. The van der Waals surface area contributed by atoms with E-state index in [1.54, 1.807) is 0 Å². The Morgan fingerprint density at radius 1 is 1.21 bits per heavy atom. The van der Waals surface area contributed by atoms with E-state index in [9.17, 15) is 4.79 Å². The zero-order chi connectivity index (χ0) is 13.5. The van der Waals surface area contributed by atoms with Crippen molar-refractivity contribution in [3.05, 3.63) is 0 Å². The minimum atomic E-state index is -0.0396. The van der Waals surface area contributed by atoms with Crippen molar-refractivity contribution < 1.29 is 9.90 Å². The molecule has 0 aromatic heterocycles. The molecule has 4 bridgehead atoms. The van der Waals surface area contributed by atoms with Crippen LogP contribution in [0.3, 0.4) is 0 Å². The first-order chi connectivity index (χ1) is 9.08. The largest absolute Gasteiger partial charge is 0.396 e. The van der Waals surface area contributed by atoms with Crippen LogP contribution in [0.5, 0.6) is 0 Å². The average Bonchev–Trinajstić information content (AvgIpc) is 2.33. The predicted octanol–water partition coefficient (Wildman–Crippen LogP) is 1.88. The molecular weight excluding hydrogens is 240 g/mol. The Hall–Kier alpha value is -0.770. The van der Waals surface area contributed by atoms with Crippen molar-refractivity contribution in [2.45, 2.75) is 51.0 Å². The lowest BCUT2D eigenvalue weighted by atomic mass is 9.53. The number of nitrogens with one attached hydrogen (secondary N) is 2. The van der Waals surface area contributed by atoms with Crippen molar-refractivity contribution in [2.24, 2.45) is 23.7 Å². The van der Waals surface area contributed by atoms with Gasteiger partial charge in [-0.05, 0) is 62.2 Å². The maximum Gasteiger partial charge on any atom is 0.315 e. The molecule has 4 heteroatoms. The summed E-state index contributed by atoms with van der Waals surface area (Å²) in [7, 11) is 0. The molecule has 19 heavy (non-hydrogen) atoms. The van der Waals surface area contributed by atoms with Gasteiger partial charge >= 0.3 is 6.03 Å². The molecule has 3 N–H and O–H groups in total. The summed E-state index contributed by atoms with van der Waals surface area (Å²) in [5.74, 6) is 2.68. The van der Waals surface area contributed by atoms with Crippen molar-refractivity contribution in [2.75, 3.05) is 13.2 Å². The molecule has 0 aromatic carbocycles. The van der Waals surface area contributed by atoms with Crippen molar-refractivity contribution in [3.63, 3.8) is 0 Å². The van der Waals surface area contributed by atoms with Gasteiger partial charge in [0.2, 0.25) is 0 Å². The van der Waals surface area contributed by atoms with Gasteiger partial charge in [0.05, 0.1) is 0 Å². The van der Waals surface area contributed by atoms with Gasteiger partial charge in [0.15, 0.2) is 0 Å². The molecule has 0 spiro atoms. The van der Waals surface area contributed by atoms with Crippen LogP contribution >= 0.6 is 0 Å². The molecule has 4 saturated carbocycles. The van der Waals surface area contributed by atoms with Gasteiger partial charge in [0.25, 0.3) is 0 Å². The summed E-state index contributed by atoms with van der Waals surface area (Å²) < 4.78 is 0. The zero-order valence-corrected chi connectivity index (χ0v) is 11.8. The molecule has 4 aliphatic rings. The molecular formula is C15H26N2O2. The van der Waals surface area contributed by atoms with Gasteiger partial charge in [0, 0.05) is 18.7 Å². The molecule has 0 radical (unpaired) electrons. The zero-order valence-electron chi connectivity index (χ0n) is 11.8. The van der Waals surface area contributed by atoms with Crippen LogP contribution in [0.15, 0.2) is 0 Å². The maximum atomic E-state index is 12.0. The lowest BCUT2D eigenvalue weighted by Gasteiger charge is -2.56. The average molecular weight is 266 g/mol. The number of urea groups is 1. The van der Waals surface area contributed by atoms with Crippen molar-refractivity contribution >= 4 is 6.03 Å². The fourth-order valence-corrected chi connectivity index (χ4v) is 4.88. The number of hydrogen-bond acceptors (Lipinski definition) is 2. The standard InChI is InChI=1S/C15H26N2O2/c1-10(9-18)8-16-14(19)17-15-5-11-2-12(6-15)4-13(3-11)7-15/h10-13,18H,2-9H2,1H3,(H2,16,17,19). The first-order valence-corrected chi connectivity index (χ1v) is 7.75. The van der Waals surface area contributed by atoms with Gasteiger partial charge in [-0.3, -0.25) is 0 Å². The fourth-order valence-electron chi connectivity index (χ4n) is 4.88. The number of aliphatic hydroxyl groups is 1. The van der Waals surface area contributed by atoms with E-state index in [0.717, 1.165) is 17.8 Å². The van der Waals surface area contributed by atoms with Crippen molar-refractivity contribution in [3.8, 4) is 0 Å². The summed E-state index contributed by atoms with van der Waals surface area (Å²) in [6, 6.07) is -0.0396. The van der Waals surface area contributed by atoms with E-state index < -0.39 is 0 Å². The molecule has 1 unspecified atom stereocenters. The summed E-state index contributed by atoms with van der Waals surface area (Å²) in [4.78, 5) is 12.0. The lowest BCUT2D eigenvalue weighted by Crippen LogP contribution is -2.61. The Bertz CT molecular complexity index is 321. The third-order valence-corrected chi connectivity index (χ3v) is 5.34. The van der Waals surface area contributed by atoms with Gasteiger partial charge in [-0.15, -0.1) is 0 Å². The fraction of sp³-hybridized carbons (Fsp3) is 0.933. The van der Waals surface area contributed by atoms with Gasteiger partial charge < -0.3 is 15.7 Å². The minimum Gasteiger partial charge on any atom is -0.396 e. The molecule has 4 aliphatic carbocycles. The lowest BCUT2D eigenvalue weighted by molar-refractivity contribution is -0.0135. The van der Waals surface area contributed by atoms with E-state index in [2.05, 4.69) is 10.6 Å². The summed E-state index contributed by atoms with van der Waals surface area (Å²) in [5.41, 5.74) is 0.0846. The highest BCUT2D eigenvalue weighted by Gasteiger charge is 2.51. The minimum absolute atomic E-state index is 0.0396. The van der Waals surface area contributed by atoms with E-state index in [4.69, 9.17) is 5.11 Å². The van der Waals surface area contributed by atoms with Crippen LogP contribution in [-0.4, -0.2) is 29.8 Å². The topological polar surface area (TPSA) is 61.4 Å². The van der Waals surface area contributed by atoms with Crippen LogP contribution in [0, 0.1) is 23.7 Å². The van der Waals surface area contributed by atoms with Crippen LogP contribution in [0.1, 0.15) is 45.4 Å². The van der Waals surface area contributed by atoms with Gasteiger partial charge in [-0.25, -0.2) is 4.79 Å². The summed E-state index contributed by atoms with van der Waals surface area (Å²) in [5, 5.41) is 15.1. The molecule has 0 saturated heterocycles. The van der Waals surface area contributed by atoms with Crippen LogP contribution in [-0.2, 0) is 0 Å². The van der Waals surface area contributed by atoms with Crippen molar-refractivity contribution in [1.82, 2.24) is 10.6 Å². The van der Waals surface area contributed by atoms with Gasteiger partial charge in [-0.2, -0.15) is 0 Å². The molecule has 0 aliphatic heterocycles. The number of hydrogen-bond donors (Lipinski definition) is 3. The summed E-state index contributed by atoms with van der Waals surface area (Å²) in [6.45, 7) is 2.61. The van der Waals surface area contributed by atoms with E-state index in [1.807, 2.05) is 6.92 Å². The van der Waals surface area contributed by atoms with E-state index in [0.29, 0.717) is 6.54 Å². The predicted molar refractivity (Wildman–Crippen MR) is 73.7 cm³/mol. The van der Waals surface area contributed by atoms with Gasteiger partial charge in [0.1, 0.15) is 0 Å².